The molecule has 3 rings (SSSR count). The quantitative estimate of drug-likeness (QED) is 0.429. The molecule has 0 radical (unpaired) electrons. The van der Waals surface area contributed by atoms with E-state index in [1.165, 1.54) is 12.0 Å². The van der Waals surface area contributed by atoms with Gasteiger partial charge in [-0.3, -0.25) is 9.59 Å². The number of Topliss-reactive ketones (excluding diaryl/α,β-unsaturated/α-hetero) is 1. The van der Waals surface area contributed by atoms with E-state index in [9.17, 15) is 14.7 Å². The van der Waals surface area contributed by atoms with E-state index in [0.29, 0.717) is 16.5 Å². The number of aliphatic hydroxyl groups excluding tert-OH is 1. The molecule has 0 saturated carbocycles. The highest BCUT2D eigenvalue weighted by Crippen LogP contribution is 2.39. The summed E-state index contributed by atoms with van der Waals surface area (Å²) in [5.74, 6) is -1.20. The second kappa shape index (κ2) is 8.80. The van der Waals surface area contributed by atoms with E-state index in [0.717, 1.165) is 11.1 Å². The number of rotatable bonds is 6. The fraction of sp³-hybridized carbons (Fsp3) is 0.304. The van der Waals surface area contributed by atoms with E-state index >= 15 is 0 Å². The molecule has 1 aliphatic rings. The molecular formula is C23H24ClNO4. The number of hydrogen-bond donors (Lipinski definition) is 1. The molecule has 0 bridgehead atoms. The average Bonchev–Trinajstić information content (AvgIpc) is 2.97. The highest BCUT2D eigenvalue weighted by atomic mass is 35.5. The fourth-order valence-corrected chi connectivity index (χ4v) is 3.60. The first-order valence-corrected chi connectivity index (χ1v) is 9.86. The van der Waals surface area contributed by atoms with Gasteiger partial charge in [0.15, 0.2) is 0 Å². The summed E-state index contributed by atoms with van der Waals surface area (Å²) >= 11 is 5.93. The number of amides is 1. The largest absolute Gasteiger partial charge is 0.507 e. The van der Waals surface area contributed by atoms with Gasteiger partial charge in [-0.1, -0.05) is 49.7 Å². The van der Waals surface area contributed by atoms with Crippen molar-refractivity contribution >= 4 is 29.1 Å². The summed E-state index contributed by atoms with van der Waals surface area (Å²) < 4.78 is 5.12. The summed E-state index contributed by atoms with van der Waals surface area (Å²) in [4.78, 5) is 27.0. The number of halogens is 1. The minimum atomic E-state index is -0.702. The SMILES string of the molecule is COCCN1C(=O)C(=O)C(=C(O)c2ccc(Cl)cc2)[C@@H]1c1ccc(C(C)C)cc1. The minimum Gasteiger partial charge on any atom is -0.507 e. The average molecular weight is 414 g/mol. The summed E-state index contributed by atoms with van der Waals surface area (Å²) in [6.07, 6.45) is 0. The van der Waals surface area contributed by atoms with Crippen molar-refractivity contribution in [3.63, 3.8) is 0 Å². The summed E-state index contributed by atoms with van der Waals surface area (Å²) in [5, 5.41) is 11.4. The number of hydrogen-bond acceptors (Lipinski definition) is 4. The van der Waals surface area contributed by atoms with Gasteiger partial charge in [0.25, 0.3) is 11.7 Å². The Morgan fingerprint density at radius 1 is 1.10 bits per heavy atom. The topological polar surface area (TPSA) is 66.8 Å². The van der Waals surface area contributed by atoms with Crippen LogP contribution in [0, 0.1) is 0 Å². The lowest BCUT2D eigenvalue weighted by atomic mass is 9.93. The molecule has 0 unspecified atom stereocenters. The predicted octanol–water partition coefficient (Wildman–Crippen LogP) is 4.53. The van der Waals surface area contributed by atoms with Crippen LogP contribution in [0.1, 0.15) is 42.5 Å². The van der Waals surface area contributed by atoms with Gasteiger partial charge in [0, 0.05) is 24.2 Å². The van der Waals surface area contributed by atoms with Crippen molar-refractivity contribution in [3.05, 3.63) is 75.8 Å². The Morgan fingerprint density at radius 3 is 2.28 bits per heavy atom. The molecule has 2 aromatic rings. The predicted molar refractivity (Wildman–Crippen MR) is 113 cm³/mol. The van der Waals surface area contributed by atoms with Crippen LogP contribution < -0.4 is 0 Å². The van der Waals surface area contributed by atoms with E-state index in [4.69, 9.17) is 16.3 Å². The number of ether oxygens (including phenoxy) is 1. The number of nitrogens with zero attached hydrogens (tertiary/aromatic N) is 1. The Bertz CT molecular complexity index is 932. The van der Waals surface area contributed by atoms with Gasteiger partial charge in [-0.05, 0) is 41.3 Å². The van der Waals surface area contributed by atoms with Crippen molar-refractivity contribution in [3.8, 4) is 0 Å². The van der Waals surface area contributed by atoms with Crippen molar-refractivity contribution < 1.29 is 19.4 Å². The van der Waals surface area contributed by atoms with E-state index in [2.05, 4.69) is 13.8 Å². The Balaban J connectivity index is 2.13. The molecule has 1 saturated heterocycles. The Morgan fingerprint density at radius 2 is 1.72 bits per heavy atom. The molecule has 1 amide bonds. The van der Waals surface area contributed by atoms with E-state index in [1.807, 2.05) is 24.3 Å². The summed E-state index contributed by atoms with van der Waals surface area (Å²) in [6, 6.07) is 13.6. The van der Waals surface area contributed by atoms with Crippen molar-refractivity contribution in [1.29, 1.82) is 0 Å². The van der Waals surface area contributed by atoms with Crippen LogP contribution in [0.3, 0.4) is 0 Å². The zero-order valence-electron chi connectivity index (χ0n) is 16.7. The van der Waals surface area contributed by atoms with Crippen LogP contribution >= 0.6 is 11.6 Å². The number of benzene rings is 2. The summed E-state index contributed by atoms with van der Waals surface area (Å²) in [5.41, 5.74) is 2.43. The first-order valence-electron chi connectivity index (χ1n) is 9.48. The van der Waals surface area contributed by atoms with Crippen molar-refractivity contribution in [2.75, 3.05) is 20.3 Å². The molecule has 2 aromatic carbocycles. The van der Waals surface area contributed by atoms with Crippen LogP contribution in [0.5, 0.6) is 0 Å². The van der Waals surface area contributed by atoms with Gasteiger partial charge < -0.3 is 14.7 Å². The Kier molecular flexibility index (Phi) is 6.40. The maximum atomic E-state index is 12.8. The third kappa shape index (κ3) is 4.21. The monoisotopic (exact) mass is 413 g/mol. The zero-order valence-corrected chi connectivity index (χ0v) is 17.4. The second-order valence-electron chi connectivity index (χ2n) is 7.31. The van der Waals surface area contributed by atoms with Gasteiger partial charge in [-0.15, -0.1) is 0 Å². The molecule has 152 valence electrons. The molecule has 1 heterocycles. The van der Waals surface area contributed by atoms with Crippen LogP contribution in [-0.4, -0.2) is 42.0 Å². The number of likely N-dealkylation sites (tertiary alicyclic amines) is 1. The Hall–Kier alpha value is -2.63. The first kappa shape index (κ1) is 21.1. The van der Waals surface area contributed by atoms with Gasteiger partial charge in [0.05, 0.1) is 18.2 Å². The molecule has 0 aromatic heterocycles. The van der Waals surface area contributed by atoms with E-state index < -0.39 is 17.7 Å². The number of aliphatic hydroxyl groups is 1. The van der Waals surface area contributed by atoms with Gasteiger partial charge in [0.1, 0.15) is 5.76 Å². The molecule has 1 N–H and O–H groups in total. The fourth-order valence-electron chi connectivity index (χ4n) is 3.47. The molecule has 0 aliphatic carbocycles. The van der Waals surface area contributed by atoms with Crippen LogP contribution in [0.4, 0.5) is 0 Å². The van der Waals surface area contributed by atoms with Crippen LogP contribution in [0.2, 0.25) is 5.02 Å². The number of carbonyl (C=O) groups is 2. The van der Waals surface area contributed by atoms with Crippen LogP contribution in [0.15, 0.2) is 54.1 Å². The maximum Gasteiger partial charge on any atom is 0.295 e. The van der Waals surface area contributed by atoms with Crippen molar-refractivity contribution in [1.82, 2.24) is 4.90 Å². The lowest BCUT2D eigenvalue weighted by Crippen LogP contribution is -2.32. The number of methoxy groups -OCH3 is 1. The maximum absolute atomic E-state index is 12.8. The Labute approximate surface area is 175 Å². The molecule has 5 nitrogen and oxygen atoms in total. The molecular weight excluding hydrogens is 390 g/mol. The highest BCUT2D eigenvalue weighted by molar-refractivity contribution is 6.46. The molecule has 1 aliphatic heterocycles. The van der Waals surface area contributed by atoms with Crippen molar-refractivity contribution in [2.24, 2.45) is 0 Å². The van der Waals surface area contributed by atoms with E-state index in [1.54, 1.807) is 24.3 Å². The molecule has 1 fully saturated rings. The summed E-state index contributed by atoms with van der Waals surface area (Å²) in [6.45, 7) is 4.73. The van der Waals surface area contributed by atoms with Crippen molar-refractivity contribution in [2.45, 2.75) is 25.8 Å². The third-order valence-electron chi connectivity index (χ3n) is 5.11. The van der Waals surface area contributed by atoms with Gasteiger partial charge in [-0.25, -0.2) is 0 Å². The molecule has 0 spiro atoms. The van der Waals surface area contributed by atoms with E-state index in [-0.39, 0.29) is 24.5 Å². The zero-order chi connectivity index (χ0) is 21.1. The number of carbonyl (C=O) groups excluding carboxylic acids is 2. The van der Waals surface area contributed by atoms with Gasteiger partial charge in [0.2, 0.25) is 0 Å². The summed E-state index contributed by atoms with van der Waals surface area (Å²) in [7, 11) is 1.54. The highest BCUT2D eigenvalue weighted by Gasteiger charge is 2.45. The third-order valence-corrected chi connectivity index (χ3v) is 5.36. The standard InChI is InChI=1S/C23H24ClNO4/c1-14(2)15-4-6-16(7-5-15)20-19(21(26)17-8-10-18(24)11-9-17)22(27)23(28)25(20)12-13-29-3/h4-11,14,20,26H,12-13H2,1-3H3/t20-/m0/s1. The minimum absolute atomic E-state index is 0.0747. The second-order valence-corrected chi connectivity index (χ2v) is 7.75. The van der Waals surface area contributed by atoms with Gasteiger partial charge in [-0.2, -0.15) is 0 Å². The molecule has 6 heteroatoms. The first-order chi connectivity index (χ1) is 13.8. The lowest BCUT2D eigenvalue weighted by Gasteiger charge is -2.25. The van der Waals surface area contributed by atoms with Gasteiger partial charge >= 0.3 is 0 Å². The van der Waals surface area contributed by atoms with Crippen LogP contribution in [-0.2, 0) is 14.3 Å². The lowest BCUT2D eigenvalue weighted by molar-refractivity contribution is -0.140. The smallest absolute Gasteiger partial charge is 0.295 e. The number of ketones is 1. The normalized spacial score (nSPS) is 18.7. The molecule has 29 heavy (non-hydrogen) atoms. The van der Waals surface area contributed by atoms with Crippen LogP contribution in [0.25, 0.3) is 5.76 Å². The molecule has 1 atom stereocenters.